The maximum Gasteiger partial charge on any atom is 0.251 e. The summed E-state index contributed by atoms with van der Waals surface area (Å²) in [6.45, 7) is 0.303. The van der Waals surface area contributed by atoms with E-state index in [4.69, 9.17) is 0 Å². The molecule has 1 atom stereocenters. The fraction of sp³-hybridized carbons (Fsp3) is 0.467. The van der Waals surface area contributed by atoms with Gasteiger partial charge in [-0.05, 0) is 48.9 Å². The third-order valence-electron chi connectivity index (χ3n) is 3.90. The highest BCUT2D eigenvalue weighted by atomic mass is 16.3. The van der Waals surface area contributed by atoms with Crippen molar-refractivity contribution in [1.82, 2.24) is 5.32 Å². The molecule has 3 rings (SSSR count). The average molecular weight is 274 g/mol. The number of nitrogens with one attached hydrogen (secondary N) is 2. The van der Waals surface area contributed by atoms with E-state index in [1.165, 1.54) is 0 Å². The molecule has 106 valence electrons. The lowest BCUT2D eigenvalue weighted by molar-refractivity contribution is -0.116. The molecule has 3 N–H and O–H groups in total. The summed E-state index contributed by atoms with van der Waals surface area (Å²) in [5.41, 5.74) is 2.35. The summed E-state index contributed by atoms with van der Waals surface area (Å²) < 4.78 is 0. The fourth-order valence-corrected chi connectivity index (χ4v) is 2.47. The normalized spacial score (nSPS) is 18.9. The molecule has 20 heavy (non-hydrogen) atoms. The molecule has 1 aromatic carbocycles. The van der Waals surface area contributed by atoms with Crippen LogP contribution in [0.15, 0.2) is 18.2 Å². The molecule has 0 saturated heterocycles. The van der Waals surface area contributed by atoms with Crippen LogP contribution in [-0.4, -0.2) is 29.6 Å². The van der Waals surface area contributed by atoms with Gasteiger partial charge in [0.2, 0.25) is 5.91 Å². The lowest BCUT2D eigenvalue weighted by atomic mass is 10.00. The molecule has 1 aliphatic heterocycles. The third kappa shape index (κ3) is 2.82. The van der Waals surface area contributed by atoms with Crippen LogP contribution in [0.5, 0.6) is 0 Å². The summed E-state index contributed by atoms with van der Waals surface area (Å²) in [6, 6.07) is 5.27. The minimum absolute atomic E-state index is 0.0160. The van der Waals surface area contributed by atoms with Crippen molar-refractivity contribution >= 4 is 17.5 Å². The number of carbonyl (C=O) groups excluding carboxylic acids is 2. The lowest BCUT2D eigenvalue weighted by Crippen LogP contribution is -2.33. The van der Waals surface area contributed by atoms with Crippen LogP contribution >= 0.6 is 0 Å². The van der Waals surface area contributed by atoms with E-state index in [0.29, 0.717) is 30.9 Å². The summed E-state index contributed by atoms with van der Waals surface area (Å²) in [5, 5.41) is 15.3. The first-order valence-corrected chi connectivity index (χ1v) is 7.02. The van der Waals surface area contributed by atoms with Gasteiger partial charge >= 0.3 is 0 Å². The first-order chi connectivity index (χ1) is 9.63. The van der Waals surface area contributed by atoms with Gasteiger partial charge in [0.15, 0.2) is 0 Å². The van der Waals surface area contributed by atoms with Gasteiger partial charge in [-0.2, -0.15) is 0 Å². The van der Waals surface area contributed by atoms with Gasteiger partial charge in [-0.3, -0.25) is 9.59 Å². The summed E-state index contributed by atoms with van der Waals surface area (Å²) in [7, 11) is 0. The van der Waals surface area contributed by atoms with Gasteiger partial charge in [-0.1, -0.05) is 0 Å². The first-order valence-electron chi connectivity index (χ1n) is 7.02. The molecule has 5 nitrogen and oxygen atoms in total. The van der Waals surface area contributed by atoms with Gasteiger partial charge in [0, 0.05) is 24.2 Å². The van der Waals surface area contributed by atoms with Crippen molar-refractivity contribution in [2.75, 3.05) is 11.9 Å². The third-order valence-corrected chi connectivity index (χ3v) is 3.90. The molecule has 2 aliphatic rings. The second-order valence-electron chi connectivity index (χ2n) is 5.53. The van der Waals surface area contributed by atoms with E-state index in [9.17, 15) is 14.7 Å². The number of hydrogen-bond acceptors (Lipinski definition) is 3. The molecule has 1 saturated carbocycles. The molecule has 2 amide bonds. The van der Waals surface area contributed by atoms with E-state index < -0.39 is 6.10 Å². The molecule has 1 fully saturated rings. The van der Waals surface area contributed by atoms with Crippen LogP contribution in [0.3, 0.4) is 0 Å². The quantitative estimate of drug-likeness (QED) is 0.768. The number of fused-ring (bicyclic) bond motifs is 1. The van der Waals surface area contributed by atoms with Crippen molar-refractivity contribution in [2.24, 2.45) is 5.92 Å². The maximum absolute atomic E-state index is 12.0. The van der Waals surface area contributed by atoms with Crippen molar-refractivity contribution in [3.63, 3.8) is 0 Å². The second-order valence-corrected chi connectivity index (χ2v) is 5.53. The number of rotatable bonds is 4. The SMILES string of the molecule is O=C1CCc2cc(C(=O)NCC(O)C3CC3)ccc2N1. The number of amides is 2. The summed E-state index contributed by atoms with van der Waals surface area (Å²) in [4.78, 5) is 23.3. The topological polar surface area (TPSA) is 78.4 Å². The van der Waals surface area contributed by atoms with E-state index in [-0.39, 0.29) is 11.8 Å². The molecule has 0 radical (unpaired) electrons. The van der Waals surface area contributed by atoms with Crippen LogP contribution < -0.4 is 10.6 Å². The number of aliphatic hydroxyl groups is 1. The van der Waals surface area contributed by atoms with Crippen molar-refractivity contribution < 1.29 is 14.7 Å². The highest BCUT2D eigenvalue weighted by Crippen LogP contribution is 2.32. The predicted octanol–water partition coefficient (Wildman–Crippen LogP) is 1.07. The predicted molar refractivity (Wildman–Crippen MR) is 74.5 cm³/mol. The molecule has 5 heteroatoms. The van der Waals surface area contributed by atoms with Gasteiger partial charge in [-0.25, -0.2) is 0 Å². The summed E-state index contributed by atoms with van der Waals surface area (Å²) in [6.07, 6.45) is 2.78. The van der Waals surface area contributed by atoms with Gasteiger partial charge in [0.05, 0.1) is 6.10 Å². The number of hydrogen-bond donors (Lipinski definition) is 3. The fourth-order valence-electron chi connectivity index (χ4n) is 2.47. The maximum atomic E-state index is 12.0. The van der Waals surface area contributed by atoms with E-state index in [1.54, 1.807) is 12.1 Å². The Labute approximate surface area is 117 Å². The number of anilines is 1. The number of aliphatic hydroxyl groups excluding tert-OH is 1. The van der Waals surface area contributed by atoms with E-state index in [2.05, 4.69) is 10.6 Å². The zero-order chi connectivity index (χ0) is 14.1. The minimum Gasteiger partial charge on any atom is -0.391 e. The second kappa shape index (κ2) is 5.25. The Balaban J connectivity index is 1.64. The molecular formula is C15H18N2O3. The lowest BCUT2D eigenvalue weighted by Gasteiger charge is -2.17. The van der Waals surface area contributed by atoms with Crippen molar-refractivity contribution in [3.05, 3.63) is 29.3 Å². The number of aryl methyl sites for hydroxylation is 1. The van der Waals surface area contributed by atoms with Crippen molar-refractivity contribution in [2.45, 2.75) is 31.8 Å². The zero-order valence-electron chi connectivity index (χ0n) is 11.2. The molecular weight excluding hydrogens is 256 g/mol. The molecule has 0 bridgehead atoms. The Kier molecular flexibility index (Phi) is 3.44. The highest BCUT2D eigenvalue weighted by Gasteiger charge is 2.29. The smallest absolute Gasteiger partial charge is 0.251 e. The first kappa shape index (κ1) is 13.1. The van der Waals surface area contributed by atoms with Crippen LogP contribution in [0.1, 0.15) is 35.2 Å². The zero-order valence-corrected chi connectivity index (χ0v) is 11.2. The molecule has 1 heterocycles. The van der Waals surface area contributed by atoms with Crippen LogP contribution in [0.4, 0.5) is 5.69 Å². The Morgan fingerprint density at radius 2 is 2.20 bits per heavy atom. The molecule has 0 spiro atoms. The van der Waals surface area contributed by atoms with Crippen LogP contribution in [0.2, 0.25) is 0 Å². The Bertz CT molecular complexity index is 552. The Morgan fingerprint density at radius 3 is 2.95 bits per heavy atom. The van der Waals surface area contributed by atoms with Crippen LogP contribution in [-0.2, 0) is 11.2 Å². The van der Waals surface area contributed by atoms with E-state index in [1.807, 2.05) is 6.07 Å². The van der Waals surface area contributed by atoms with Crippen molar-refractivity contribution in [3.8, 4) is 0 Å². The van der Waals surface area contributed by atoms with Gasteiger partial charge < -0.3 is 15.7 Å². The summed E-state index contributed by atoms with van der Waals surface area (Å²) >= 11 is 0. The Hall–Kier alpha value is -1.88. The van der Waals surface area contributed by atoms with Gasteiger partial charge in [0.1, 0.15) is 0 Å². The van der Waals surface area contributed by atoms with Crippen LogP contribution in [0.25, 0.3) is 0 Å². The number of benzene rings is 1. The largest absolute Gasteiger partial charge is 0.391 e. The average Bonchev–Trinajstić information content (AvgIpc) is 3.28. The number of carbonyl (C=O) groups is 2. The van der Waals surface area contributed by atoms with Gasteiger partial charge in [0.25, 0.3) is 5.91 Å². The monoisotopic (exact) mass is 274 g/mol. The minimum atomic E-state index is -0.434. The highest BCUT2D eigenvalue weighted by molar-refractivity contribution is 5.97. The van der Waals surface area contributed by atoms with E-state index in [0.717, 1.165) is 24.1 Å². The standard InChI is InChI=1S/C15H18N2O3/c18-13(9-1-2-9)8-16-15(20)11-3-5-12-10(7-11)4-6-14(19)17-12/h3,5,7,9,13,18H,1-2,4,6,8H2,(H,16,20)(H,17,19). The summed E-state index contributed by atoms with van der Waals surface area (Å²) in [5.74, 6) is 0.195. The van der Waals surface area contributed by atoms with Crippen LogP contribution in [0, 0.1) is 5.92 Å². The molecule has 1 aliphatic carbocycles. The molecule has 1 unspecified atom stereocenters. The van der Waals surface area contributed by atoms with E-state index >= 15 is 0 Å². The molecule has 0 aromatic heterocycles. The Morgan fingerprint density at radius 1 is 1.40 bits per heavy atom. The molecule has 1 aromatic rings. The van der Waals surface area contributed by atoms with Gasteiger partial charge in [-0.15, -0.1) is 0 Å². The van der Waals surface area contributed by atoms with Crippen molar-refractivity contribution in [1.29, 1.82) is 0 Å².